The van der Waals surface area contributed by atoms with Gasteiger partial charge in [0, 0.05) is 25.2 Å². The number of nitrogens with zero attached hydrogens (tertiary/aromatic N) is 2. The van der Waals surface area contributed by atoms with Crippen LogP contribution in [-0.2, 0) is 0 Å². The Kier molecular flexibility index (Phi) is 3.57. The number of para-hydroxylation sites is 1. The third-order valence-electron chi connectivity index (χ3n) is 3.16. The van der Waals surface area contributed by atoms with Crippen LogP contribution in [0.15, 0.2) is 24.3 Å². The third-order valence-corrected chi connectivity index (χ3v) is 3.16. The highest BCUT2D eigenvalue weighted by atomic mass is 16.6. The molecule has 1 aromatic rings. The number of piperidine rings is 1. The molecule has 96 valence electrons. The number of carbonyl (C=O) groups excluding carboxylic acids is 1. The van der Waals surface area contributed by atoms with Crippen LogP contribution in [0.4, 0.5) is 5.69 Å². The molecule has 0 bridgehead atoms. The molecule has 6 nitrogen and oxygen atoms in total. The molecule has 0 aliphatic carbocycles. The molecule has 0 atom stereocenters. The van der Waals surface area contributed by atoms with Crippen LogP contribution in [0.25, 0.3) is 0 Å². The Morgan fingerprint density at radius 3 is 2.56 bits per heavy atom. The summed E-state index contributed by atoms with van der Waals surface area (Å²) < 4.78 is 0. The minimum Gasteiger partial charge on any atom is -0.338 e. The molecule has 1 amide bonds. The quantitative estimate of drug-likeness (QED) is 0.629. The average Bonchev–Trinajstić information content (AvgIpc) is 2.39. The Hall–Kier alpha value is -1.95. The minimum atomic E-state index is -0.525. The molecule has 0 aromatic heterocycles. The molecule has 0 radical (unpaired) electrons. The second-order valence-electron chi connectivity index (χ2n) is 4.40. The summed E-state index contributed by atoms with van der Waals surface area (Å²) in [5.74, 6) is -0.283. The second kappa shape index (κ2) is 5.14. The van der Waals surface area contributed by atoms with Gasteiger partial charge in [-0.05, 0) is 18.9 Å². The normalized spacial score (nSPS) is 16.6. The van der Waals surface area contributed by atoms with Gasteiger partial charge in [0.15, 0.2) is 0 Å². The van der Waals surface area contributed by atoms with E-state index in [0.717, 1.165) is 12.8 Å². The molecule has 18 heavy (non-hydrogen) atoms. The highest BCUT2D eigenvalue weighted by Crippen LogP contribution is 2.21. The smallest absolute Gasteiger partial charge is 0.282 e. The van der Waals surface area contributed by atoms with Gasteiger partial charge in [0.1, 0.15) is 5.56 Å². The third kappa shape index (κ3) is 2.48. The zero-order valence-electron chi connectivity index (χ0n) is 9.91. The lowest BCUT2D eigenvalue weighted by atomic mass is 10.0. The molecular formula is C12H15N3O3. The van der Waals surface area contributed by atoms with Crippen molar-refractivity contribution >= 4 is 11.6 Å². The van der Waals surface area contributed by atoms with Gasteiger partial charge in [0.05, 0.1) is 4.92 Å². The maximum absolute atomic E-state index is 12.2. The molecule has 1 saturated heterocycles. The van der Waals surface area contributed by atoms with Gasteiger partial charge in [-0.3, -0.25) is 14.9 Å². The molecule has 1 aliphatic heterocycles. The zero-order chi connectivity index (χ0) is 13.1. The molecule has 0 spiro atoms. The van der Waals surface area contributed by atoms with Crippen LogP contribution in [-0.4, -0.2) is 34.9 Å². The van der Waals surface area contributed by atoms with Gasteiger partial charge < -0.3 is 10.6 Å². The number of nitro benzene ring substituents is 1. The maximum Gasteiger partial charge on any atom is 0.282 e. The van der Waals surface area contributed by atoms with Crippen LogP contribution in [0, 0.1) is 10.1 Å². The predicted molar refractivity (Wildman–Crippen MR) is 66.2 cm³/mol. The number of carbonyl (C=O) groups is 1. The van der Waals surface area contributed by atoms with E-state index in [2.05, 4.69) is 0 Å². The average molecular weight is 249 g/mol. The van der Waals surface area contributed by atoms with Crippen molar-refractivity contribution in [2.24, 2.45) is 5.73 Å². The van der Waals surface area contributed by atoms with Crippen molar-refractivity contribution in [2.75, 3.05) is 13.1 Å². The van der Waals surface area contributed by atoms with Crippen molar-refractivity contribution in [3.05, 3.63) is 39.9 Å². The lowest BCUT2D eigenvalue weighted by Gasteiger charge is -2.30. The highest BCUT2D eigenvalue weighted by molar-refractivity contribution is 5.98. The van der Waals surface area contributed by atoms with Crippen LogP contribution in [0.2, 0.25) is 0 Å². The van der Waals surface area contributed by atoms with Gasteiger partial charge in [0.2, 0.25) is 0 Å². The Morgan fingerprint density at radius 1 is 1.33 bits per heavy atom. The predicted octanol–water partition coefficient (Wildman–Crippen LogP) is 1.16. The number of amides is 1. The topological polar surface area (TPSA) is 89.5 Å². The Morgan fingerprint density at radius 2 is 1.94 bits per heavy atom. The number of hydrogen-bond donors (Lipinski definition) is 1. The zero-order valence-corrected chi connectivity index (χ0v) is 9.91. The van der Waals surface area contributed by atoms with Gasteiger partial charge >= 0.3 is 0 Å². The van der Waals surface area contributed by atoms with Crippen LogP contribution in [0.3, 0.4) is 0 Å². The lowest BCUT2D eigenvalue weighted by molar-refractivity contribution is -0.385. The summed E-state index contributed by atoms with van der Waals surface area (Å²) in [7, 11) is 0. The van der Waals surface area contributed by atoms with E-state index < -0.39 is 4.92 Å². The summed E-state index contributed by atoms with van der Waals surface area (Å²) in [4.78, 5) is 24.2. The SMILES string of the molecule is NC1CCN(C(=O)c2ccccc2[N+](=O)[O-])CC1. The van der Waals surface area contributed by atoms with Crippen LogP contribution in [0.5, 0.6) is 0 Å². The molecule has 0 saturated carbocycles. The van der Waals surface area contributed by atoms with E-state index in [4.69, 9.17) is 5.73 Å². The fraction of sp³-hybridized carbons (Fsp3) is 0.417. The largest absolute Gasteiger partial charge is 0.338 e. The fourth-order valence-corrected chi connectivity index (χ4v) is 2.09. The Balaban J connectivity index is 2.21. The number of nitrogens with two attached hydrogens (primary N) is 1. The maximum atomic E-state index is 12.2. The van der Waals surface area contributed by atoms with Crippen LogP contribution in [0.1, 0.15) is 23.2 Å². The summed E-state index contributed by atoms with van der Waals surface area (Å²) in [5, 5.41) is 10.9. The molecule has 1 fully saturated rings. The number of benzene rings is 1. The van der Waals surface area contributed by atoms with E-state index in [1.54, 1.807) is 17.0 Å². The first-order valence-electron chi connectivity index (χ1n) is 5.88. The van der Waals surface area contributed by atoms with Crippen LogP contribution >= 0.6 is 0 Å². The fourth-order valence-electron chi connectivity index (χ4n) is 2.09. The van der Waals surface area contributed by atoms with E-state index in [1.165, 1.54) is 12.1 Å². The standard InChI is InChI=1S/C12H15N3O3/c13-9-5-7-14(8-6-9)12(16)10-3-1-2-4-11(10)15(17)18/h1-4,9H,5-8,13H2. The summed E-state index contributed by atoms with van der Waals surface area (Å²) in [6.45, 7) is 1.12. The summed E-state index contributed by atoms with van der Waals surface area (Å²) in [6.07, 6.45) is 1.48. The molecule has 1 heterocycles. The Labute approximate surface area is 105 Å². The molecule has 2 N–H and O–H groups in total. The minimum absolute atomic E-state index is 0.125. The van der Waals surface area contributed by atoms with Crippen molar-refractivity contribution < 1.29 is 9.72 Å². The number of nitro groups is 1. The Bertz CT molecular complexity index is 467. The van der Waals surface area contributed by atoms with E-state index in [0.29, 0.717) is 13.1 Å². The lowest BCUT2D eigenvalue weighted by Crippen LogP contribution is -2.43. The van der Waals surface area contributed by atoms with Gasteiger partial charge in [0.25, 0.3) is 11.6 Å². The van der Waals surface area contributed by atoms with E-state index in [9.17, 15) is 14.9 Å². The monoisotopic (exact) mass is 249 g/mol. The van der Waals surface area contributed by atoms with Gasteiger partial charge in [-0.2, -0.15) is 0 Å². The van der Waals surface area contributed by atoms with Gasteiger partial charge in [-0.15, -0.1) is 0 Å². The van der Waals surface area contributed by atoms with Crippen molar-refractivity contribution in [3.63, 3.8) is 0 Å². The first-order valence-corrected chi connectivity index (χ1v) is 5.88. The van der Waals surface area contributed by atoms with E-state index >= 15 is 0 Å². The first kappa shape index (κ1) is 12.5. The van der Waals surface area contributed by atoms with Crippen molar-refractivity contribution in [1.82, 2.24) is 4.90 Å². The summed E-state index contributed by atoms with van der Waals surface area (Å²) in [5.41, 5.74) is 5.78. The number of hydrogen-bond acceptors (Lipinski definition) is 4. The molecule has 1 aliphatic rings. The second-order valence-corrected chi connectivity index (χ2v) is 4.40. The molecule has 0 unspecified atom stereocenters. The summed E-state index contributed by atoms with van der Waals surface area (Å²) >= 11 is 0. The number of rotatable bonds is 2. The van der Waals surface area contributed by atoms with E-state index in [1.807, 2.05) is 0 Å². The molecule has 2 rings (SSSR count). The molecule has 6 heteroatoms. The van der Waals surface area contributed by atoms with Crippen molar-refractivity contribution in [3.8, 4) is 0 Å². The molecular weight excluding hydrogens is 234 g/mol. The van der Waals surface area contributed by atoms with Gasteiger partial charge in [-0.1, -0.05) is 12.1 Å². The molecule has 1 aromatic carbocycles. The number of likely N-dealkylation sites (tertiary alicyclic amines) is 1. The van der Waals surface area contributed by atoms with Crippen molar-refractivity contribution in [1.29, 1.82) is 0 Å². The summed E-state index contributed by atoms with van der Waals surface area (Å²) in [6, 6.07) is 6.16. The van der Waals surface area contributed by atoms with E-state index in [-0.39, 0.29) is 23.2 Å². The van der Waals surface area contributed by atoms with Gasteiger partial charge in [-0.25, -0.2) is 0 Å². The highest BCUT2D eigenvalue weighted by Gasteiger charge is 2.26. The first-order chi connectivity index (χ1) is 8.59. The van der Waals surface area contributed by atoms with Crippen molar-refractivity contribution in [2.45, 2.75) is 18.9 Å². The van der Waals surface area contributed by atoms with Crippen LogP contribution < -0.4 is 5.73 Å².